The van der Waals surface area contributed by atoms with Crippen molar-refractivity contribution in [1.29, 1.82) is 0 Å². The first kappa shape index (κ1) is 20.5. The van der Waals surface area contributed by atoms with Crippen molar-refractivity contribution in [1.82, 2.24) is 5.32 Å². The number of carbonyl (C=O) groups is 3. The second kappa shape index (κ2) is 9.19. The maximum Gasteiger partial charge on any atom is 0.226 e. The van der Waals surface area contributed by atoms with Gasteiger partial charge >= 0.3 is 0 Å². The predicted octanol–water partition coefficient (Wildman–Crippen LogP) is 3.53. The van der Waals surface area contributed by atoms with Gasteiger partial charge in [0.1, 0.15) is 0 Å². The third-order valence-corrected chi connectivity index (χ3v) is 4.30. The van der Waals surface area contributed by atoms with Gasteiger partial charge in [0.25, 0.3) is 0 Å². The number of benzene rings is 2. The van der Waals surface area contributed by atoms with Crippen molar-refractivity contribution in [3.8, 4) is 0 Å². The van der Waals surface area contributed by atoms with E-state index in [9.17, 15) is 14.4 Å². The van der Waals surface area contributed by atoms with E-state index >= 15 is 0 Å². The van der Waals surface area contributed by atoms with Crippen LogP contribution < -0.4 is 15.5 Å². The minimum absolute atomic E-state index is 0.0760. The van der Waals surface area contributed by atoms with Gasteiger partial charge in [-0.05, 0) is 42.0 Å². The van der Waals surface area contributed by atoms with Crippen LogP contribution in [-0.2, 0) is 14.4 Å². The molecule has 0 spiro atoms. The molecule has 6 nitrogen and oxygen atoms in total. The van der Waals surface area contributed by atoms with Gasteiger partial charge in [-0.3, -0.25) is 14.4 Å². The van der Waals surface area contributed by atoms with Crippen LogP contribution in [0.2, 0.25) is 5.02 Å². The van der Waals surface area contributed by atoms with Gasteiger partial charge in [-0.1, -0.05) is 23.7 Å². The molecule has 0 saturated heterocycles. The van der Waals surface area contributed by atoms with Crippen LogP contribution in [0, 0.1) is 0 Å². The topological polar surface area (TPSA) is 78.5 Å². The fourth-order valence-electron chi connectivity index (χ4n) is 2.54. The van der Waals surface area contributed by atoms with Gasteiger partial charge in [0.2, 0.25) is 17.7 Å². The maximum atomic E-state index is 12.4. The zero-order valence-corrected chi connectivity index (χ0v) is 16.2. The highest BCUT2D eigenvalue weighted by Gasteiger charge is 2.17. The summed E-state index contributed by atoms with van der Waals surface area (Å²) in [6.07, 6.45) is 0.0797. The first-order chi connectivity index (χ1) is 12.8. The van der Waals surface area contributed by atoms with Gasteiger partial charge in [0.05, 0.1) is 12.5 Å². The van der Waals surface area contributed by atoms with Crippen molar-refractivity contribution < 1.29 is 14.4 Å². The summed E-state index contributed by atoms with van der Waals surface area (Å²) >= 11 is 5.90. The van der Waals surface area contributed by atoms with Crippen LogP contribution in [0.3, 0.4) is 0 Å². The largest absolute Gasteiger partial charge is 0.349 e. The second-order valence-electron chi connectivity index (χ2n) is 6.18. The van der Waals surface area contributed by atoms with Gasteiger partial charge in [-0.15, -0.1) is 0 Å². The summed E-state index contributed by atoms with van der Waals surface area (Å²) in [4.78, 5) is 36.8. The van der Waals surface area contributed by atoms with Crippen LogP contribution in [0.1, 0.15) is 31.9 Å². The molecule has 27 heavy (non-hydrogen) atoms. The molecular formula is C20H22ClN3O3. The minimum Gasteiger partial charge on any atom is -0.349 e. The van der Waals surface area contributed by atoms with Crippen molar-refractivity contribution in [3.63, 3.8) is 0 Å². The van der Waals surface area contributed by atoms with E-state index in [1.54, 1.807) is 55.6 Å². The third-order valence-electron chi connectivity index (χ3n) is 4.05. The average Bonchev–Trinajstić information content (AvgIpc) is 2.61. The van der Waals surface area contributed by atoms with Crippen LogP contribution in [0.5, 0.6) is 0 Å². The fraction of sp³-hybridized carbons (Fsp3) is 0.250. The Morgan fingerprint density at radius 1 is 1.00 bits per heavy atom. The highest BCUT2D eigenvalue weighted by atomic mass is 35.5. The lowest BCUT2D eigenvalue weighted by Crippen LogP contribution is -2.29. The Balaban J connectivity index is 2.05. The lowest BCUT2D eigenvalue weighted by atomic mass is 10.0. The van der Waals surface area contributed by atoms with Crippen molar-refractivity contribution >= 4 is 40.7 Å². The molecule has 2 aromatic rings. The molecule has 7 heteroatoms. The first-order valence-electron chi connectivity index (χ1n) is 8.43. The fourth-order valence-corrected chi connectivity index (χ4v) is 2.67. The Labute approximate surface area is 163 Å². The standard InChI is InChI=1S/C20H22ClN3O3/c1-13(25)22-19(15-4-6-16(21)7-5-15)12-20(27)23-17-8-10-18(11-9-17)24(3)14(2)26/h4-11,19H,12H2,1-3H3,(H,22,25)(H,23,27). The van der Waals surface area contributed by atoms with Crippen molar-refractivity contribution in [2.24, 2.45) is 0 Å². The van der Waals surface area contributed by atoms with E-state index in [0.717, 1.165) is 11.3 Å². The molecule has 0 radical (unpaired) electrons. The van der Waals surface area contributed by atoms with Crippen LogP contribution in [0.4, 0.5) is 11.4 Å². The summed E-state index contributed by atoms with van der Waals surface area (Å²) in [7, 11) is 1.68. The summed E-state index contributed by atoms with van der Waals surface area (Å²) in [6.45, 7) is 2.89. The molecule has 0 bridgehead atoms. The molecular weight excluding hydrogens is 366 g/mol. The molecule has 1 atom stereocenters. The molecule has 0 saturated carbocycles. The Bertz CT molecular complexity index is 819. The maximum absolute atomic E-state index is 12.4. The van der Waals surface area contributed by atoms with Crippen LogP contribution in [0.15, 0.2) is 48.5 Å². The molecule has 2 N–H and O–H groups in total. The Hall–Kier alpha value is -2.86. The van der Waals surface area contributed by atoms with E-state index in [2.05, 4.69) is 10.6 Å². The van der Waals surface area contributed by atoms with Crippen LogP contribution >= 0.6 is 11.6 Å². The summed E-state index contributed by atoms with van der Waals surface area (Å²) in [6, 6.07) is 13.5. The quantitative estimate of drug-likeness (QED) is 0.795. The number of anilines is 2. The molecule has 0 aliphatic carbocycles. The lowest BCUT2D eigenvalue weighted by molar-refractivity contribution is -0.120. The molecule has 2 rings (SSSR count). The van der Waals surface area contributed by atoms with Crippen LogP contribution in [-0.4, -0.2) is 24.8 Å². The number of hydrogen-bond acceptors (Lipinski definition) is 3. The molecule has 0 aliphatic rings. The highest BCUT2D eigenvalue weighted by Crippen LogP contribution is 2.21. The molecule has 0 aliphatic heterocycles. The molecule has 1 unspecified atom stereocenters. The van der Waals surface area contributed by atoms with E-state index in [4.69, 9.17) is 11.6 Å². The van der Waals surface area contributed by atoms with Crippen molar-refractivity contribution in [3.05, 3.63) is 59.1 Å². The number of nitrogens with one attached hydrogen (secondary N) is 2. The second-order valence-corrected chi connectivity index (χ2v) is 6.62. The molecule has 0 aromatic heterocycles. The lowest BCUT2D eigenvalue weighted by Gasteiger charge is -2.19. The normalized spacial score (nSPS) is 11.4. The van der Waals surface area contributed by atoms with E-state index in [1.807, 2.05) is 0 Å². The number of rotatable bonds is 6. The van der Waals surface area contributed by atoms with Crippen LogP contribution in [0.25, 0.3) is 0 Å². The molecule has 0 heterocycles. The minimum atomic E-state index is -0.456. The number of hydrogen-bond donors (Lipinski definition) is 2. The molecule has 142 valence electrons. The third kappa shape index (κ3) is 6.11. The summed E-state index contributed by atoms with van der Waals surface area (Å²) in [5, 5.41) is 6.17. The van der Waals surface area contributed by atoms with Crippen molar-refractivity contribution in [2.45, 2.75) is 26.3 Å². The smallest absolute Gasteiger partial charge is 0.226 e. The zero-order valence-electron chi connectivity index (χ0n) is 15.5. The summed E-state index contributed by atoms with van der Waals surface area (Å²) in [5.74, 6) is -0.538. The Kier molecular flexibility index (Phi) is 6.96. The monoisotopic (exact) mass is 387 g/mol. The number of halogens is 1. The summed E-state index contributed by atoms with van der Waals surface area (Å²) < 4.78 is 0. The number of nitrogens with zero attached hydrogens (tertiary/aromatic N) is 1. The first-order valence-corrected chi connectivity index (χ1v) is 8.81. The Morgan fingerprint density at radius 3 is 2.11 bits per heavy atom. The average molecular weight is 388 g/mol. The SMILES string of the molecule is CC(=O)NC(CC(=O)Nc1ccc(N(C)C(C)=O)cc1)c1ccc(Cl)cc1. The molecule has 0 fully saturated rings. The van der Waals surface area contributed by atoms with Gasteiger partial charge in [-0.25, -0.2) is 0 Å². The predicted molar refractivity (Wildman–Crippen MR) is 107 cm³/mol. The van der Waals surface area contributed by atoms with E-state index in [-0.39, 0.29) is 24.1 Å². The van der Waals surface area contributed by atoms with Gasteiger partial charge in [0.15, 0.2) is 0 Å². The Morgan fingerprint density at radius 2 is 1.59 bits per heavy atom. The number of carbonyl (C=O) groups excluding carboxylic acids is 3. The zero-order chi connectivity index (χ0) is 20.0. The highest BCUT2D eigenvalue weighted by molar-refractivity contribution is 6.30. The van der Waals surface area contributed by atoms with Gasteiger partial charge in [-0.2, -0.15) is 0 Å². The van der Waals surface area contributed by atoms with E-state index < -0.39 is 6.04 Å². The number of amides is 3. The van der Waals surface area contributed by atoms with E-state index in [0.29, 0.717) is 10.7 Å². The summed E-state index contributed by atoms with van der Waals surface area (Å²) in [5.41, 5.74) is 2.14. The van der Waals surface area contributed by atoms with Gasteiger partial charge in [0, 0.05) is 37.3 Å². The van der Waals surface area contributed by atoms with Gasteiger partial charge < -0.3 is 15.5 Å². The molecule has 3 amide bonds. The van der Waals surface area contributed by atoms with E-state index in [1.165, 1.54) is 18.7 Å². The van der Waals surface area contributed by atoms with Crippen molar-refractivity contribution in [2.75, 3.05) is 17.3 Å². The molecule has 2 aromatic carbocycles.